The van der Waals surface area contributed by atoms with E-state index in [1.165, 1.54) is 6.42 Å². The summed E-state index contributed by atoms with van der Waals surface area (Å²) in [4.78, 5) is 0. The van der Waals surface area contributed by atoms with E-state index in [1.807, 2.05) is 18.2 Å². The maximum absolute atomic E-state index is 15.5. The maximum Gasteiger partial charge on any atom is 0.387 e. The van der Waals surface area contributed by atoms with Crippen LogP contribution in [0.4, 0.5) is 13.2 Å². The molecule has 1 nitrogen and oxygen atoms in total. The van der Waals surface area contributed by atoms with Gasteiger partial charge in [-0.1, -0.05) is 44.0 Å². The van der Waals surface area contributed by atoms with Crippen LogP contribution in [0.15, 0.2) is 36.9 Å². The Bertz CT molecular complexity index is 807. The third-order valence-electron chi connectivity index (χ3n) is 5.95. The van der Waals surface area contributed by atoms with E-state index < -0.39 is 12.4 Å². The standard InChI is InChI=1S/C24H29F3O/c1-3-5-7-17-10-13-20-19(14-17)15-21(28-24(26)27)22(23(20)25)18-11-8-16(6-4-2)9-12-18/h3,10,13-16,18,24H,1,4-9,11-12H2,2H3. The van der Waals surface area contributed by atoms with E-state index in [0.717, 1.165) is 50.5 Å². The summed E-state index contributed by atoms with van der Waals surface area (Å²) in [6.45, 7) is 2.93. The minimum Gasteiger partial charge on any atom is -0.434 e. The molecule has 0 saturated heterocycles. The average molecular weight is 390 g/mol. The summed E-state index contributed by atoms with van der Waals surface area (Å²) in [5, 5.41) is 1.09. The van der Waals surface area contributed by atoms with Gasteiger partial charge in [0.25, 0.3) is 0 Å². The third kappa shape index (κ3) is 4.71. The Morgan fingerprint density at radius 2 is 1.93 bits per heavy atom. The van der Waals surface area contributed by atoms with Crippen LogP contribution in [0.2, 0.25) is 0 Å². The lowest BCUT2D eigenvalue weighted by molar-refractivity contribution is -0.0508. The molecule has 0 radical (unpaired) electrons. The van der Waals surface area contributed by atoms with Crippen molar-refractivity contribution in [1.82, 2.24) is 0 Å². The normalized spacial score (nSPS) is 19.9. The van der Waals surface area contributed by atoms with E-state index in [0.29, 0.717) is 22.3 Å². The minimum absolute atomic E-state index is 0.000174. The topological polar surface area (TPSA) is 9.23 Å². The monoisotopic (exact) mass is 390 g/mol. The van der Waals surface area contributed by atoms with Gasteiger partial charge >= 0.3 is 6.61 Å². The molecule has 28 heavy (non-hydrogen) atoms. The molecule has 2 aromatic rings. The van der Waals surface area contributed by atoms with E-state index in [9.17, 15) is 8.78 Å². The van der Waals surface area contributed by atoms with Gasteiger partial charge in [-0.2, -0.15) is 8.78 Å². The highest BCUT2D eigenvalue weighted by atomic mass is 19.3. The van der Waals surface area contributed by atoms with Gasteiger partial charge in [0, 0.05) is 10.9 Å². The van der Waals surface area contributed by atoms with E-state index in [-0.39, 0.29) is 11.7 Å². The smallest absolute Gasteiger partial charge is 0.387 e. The number of halogens is 3. The SMILES string of the molecule is C=CCCc1ccc2c(F)c(C3CCC(CCC)CC3)c(OC(F)F)cc2c1. The number of allylic oxidation sites excluding steroid dienone is 1. The van der Waals surface area contributed by atoms with Crippen LogP contribution in [0.3, 0.4) is 0 Å². The summed E-state index contributed by atoms with van der Waals surface area (Å²) in [7, 11) is 0. The average Bonchev–Trinajstić information content (AvgIpc) is 2.67. The van der Waals surface area contributed by atoms with E-state index in [4.69, 9.17) is 4.74 Å². The second-order valence-electron chi connectivity index (χ2n) is 7.87. The van der Waals surface area contributed by atoms with Gasteiger partial charge in [-0.3, -0.25) is 0 Å². The summed E-state index contributed by atoms with van der Waals surface area (Å²) < 4.78 is 46.3. The lowest BCUT2D eigenvalue weighted by atomic mass is 9.76. The second-order valence-corrected chi connectivity index (χ2v) is 7.87. The van der Waals surface area contributed by atoms with Crippen LogP contribution in [-0.4, -0.2) is 6.61 Å². The van der Waals surface area contributed by atoms with Gasteiger partial charge in [-0.15, -0.1) is 6.58 Å². The maximum atomic E-state index is 15.5. The molecule has 0 bridgehead atoms. The quantitative estimate of drug-likeness (QED) is 0.418. The lowest BCUT2D eigenvalue weighted by Crippen LogP contribution is -2.16. The summed E-state index contributed by atoms with van der Waals surface area (Å²) in [6, 6.07) is 7.13. The Labute approximate surface area is 165 Å². The number of benzene rings is 2. The molecule has 0 unspecified atom stereocenters. The van der Waals surface area contributed by atoms with Gasteiger partial charge in [0.15, 0.2) is 0 Å². The number of ether oxygens (including phenoxy) is 1. The van der Waals surface area contributed by atoms with Gasteiger partial charge < -0.3 is 4.74 Å². The first kappa shape index (κ1) is 20.8. The Morgan fingerprint density at radius 3 is 2.57 bits per heavy atom. The molecule has 1 aliphatic rings. The molecule has 0 spiro atoms. The molecule has 152 valence electrons. The highest BCUT2D eigenvalue weighted by molar-refractivity contribution is 5.86. The molecular formula is C24H29F3O. The molecule has 1 aliphatic carbocycles. The predicted molar refractivity (Wildman–Crippen MR) is 109 cm³/mol. The van der Waals surface area contributed by atoms with E-state index in [1.54, 1.807) is 12.1 Å². The first-order chi connectivity index (χ1) is 13.5. The number of aryl methyl sites for hydroxylation is 1. The molecule has 0 aromatic heterocycles. The predicted octanol–water partition coefficient (Wildman–Crippen LogP) is 7.77. The first-order valence-corrected chi connectivity index (χ1v) is 10.3. The van der Waals surface area contributed by atoms with Crippen molar-refractivity contribution in [2.45, 2.75) is 70.8 Å². The molecular weight excluding hydrogens is 361 g/mol. The Hall–Kier alpha value is -1.97. The molecule has 4 heteroatoms. The van der Waals surface area contributed by atoms with Crippen LogP contribution < -0.4 is 4.74 Å². The summed E-state index contributed by atoms with van der Waals surface area (Å²) in [5.41, 5.74) is 1.37. The molecule has 0 aliphatic heterocycles. The van der Waals surface area contributed by atoms with E-state index >= 15 is 4.39 Å². The van der Waals surface area contributed by atoms with Crippen LogP contribution in [0, 0.1) is 11.7 Å². The van der Waals surface area contributed by atoms with Crippen molar-refractivity contribution in [3.8, 4) is 5.75 Å². The molecule has 0 N–H and O–H groups in total. The molecule has 3 rings (SSSR count). The van der Waals surface area contributed by atoms with Crippen LogP contribution in [-0.2, 0) is 6.42 Å². The second kappa shape index (κ2) is 9.49. The largest absolute Gasteiger partial charge is 0.434 e. The number of hydrogen-bond acceptors (Lipinski definition) is 1. The highest BCUT2D eigenvalue weighted by Gasteiger charge is 2.29. The number of rotatable bonds is 8. The first-order valence-electron chi connectivity index (χ1n) is 10.3. The molecule has 1 fully saturated rings. The van der Waals surface area contributed by atoms with Crippen molar-refractivity contribution < 1.29 is 17.9 Å². The molecule has 0 atom stereocenters. The lowest BCUT2D eigenvalue weighted by Gasteiger charge is -2.30. The van der Waals surface area contributed by atoms with Crippen molar-refractivity contribution in [3.63, 3.8) is 0 Å². The highest BCUT2D eigenvalue weighted by Crippen LogP contribution is 2.44. The van der Waals surface area contributed by atoms with Gasteiger partial charge in [0.1, 0.15) is 11.6 Å². The Balaban J connectivity index is 1.97. The fraction of sp³-hybridized carbons (Fsp3) is 0.500. The zero-order valence-corrected chi connectivity index (χ0v) is 16.5. The Morgan fingerprint density at radius 1 is 1.18 bits per heavy atom. The summed E-state index contributed by atoms with van der Waals surface area (Å²) in [5.74, 6) is 0.200. The zero-order valence-electron chi connectivity index (χ0n) is 16.5. The van der Waals surface area contributed by atoms with Crippen molar-refractivity contribution >= 4 is 10.8 Å². The van der Waals surface area contributed by atoms with Gasteiger partial charge in [-0.05, 0) is 67.4 Å². The van der Waals surface area contributed by atoms with Crippen molar-refractivity contribution in [3.05, 3.63) is 53.9 Å². The van der Waals surface area contributed by atoms with Crippen molar-refractivity contribution in [2.24, 2.45) is 5.92 Å². The van der Waals surface area contributed by atoms with Crippen LogP contribution in [0.5, 0.6) is 5.75 Å². The van der Waals surface area contributed by atoms with Gasteiger partial charge in [0.2, 0.25) is 0 Å². The molecule has 0 heterocycles. The molecule has 2 aromatic carbocycles. The van der Waals surface area contributed by atoms with Crippen molar-refractivity contribution in [1.29, 1.82) is 0 Å². The van der Waals surface area contributed by atoms with Crippen LogP contribution >= 0.6 is 0 Å². The fourth-order valence-electron chi connectivity index (χ4n) is 4.55. The molecule has 1 saturated carbocycles. The number of alkyl halides is 2. The third-order valence-corrected chi connectivity index (χ3v) is 5.95. The summed E-state index contributed by atoms with van der Waals surface area (Å²) in [6.07, 6.45) is 9.44. The van der Waals surface area contributed by atoms with Gasteiger partial charge in [0.05, 0.1) is 0 Å². The Kier molecular flexibility index (Phi) is 7.03. The van der Waals surface area contributed by atoms with E-state index in [2.05, 4.69) is 13.5 Å². The molecule has 0 amide bonds. The zero-order chi connectivity index (χ0) is 20.1. The van der Waals surface area contributed by atoms with Crippen LogP contribution in [0.1, 0.15) is 68.9 Å². The minimum atomic E-state index is -2.96. The van der Waals surface area contributed by atoms with Gasteiger partial charge in [-0.25, -0.2) is 4.39 Å². The number of hydrogen-bond donors (Lipinski definition) is 0. The summed E-state index contributed by atoms with van der Waals surface area (Å²) >= 11 is 0. The van der Waals surface area contributed by atoms with Crippen molar-refractivity contribution in [2.75, 3.05) is 0 Å². The fourth-order valence-corrected chi connectivity index (χ4v) is 4.55. The van der Waals surface area contributed by atoms with Crippen LogP contribution in [0.25, 0.3) is 10.8 Å². The number of fused-ring (bicyclic) bond motifs is 1.